The number of ether oxygens (including phenoxy) is 2. The van der Waals surface area contributed by atoms with Crippen molar-refractivity contribution in [3.8, 4) is 11.1 Å². The molecule has 0 saturated carbocycles. The molecule has 12 heteroatoms. The highest BCUT2D eigenvalue weighted by atomic mass is 35.5. The fraction of sp³-hybridized carbons (Fsp3) is 0.400. The molecule has 2 atom stereocenters. The average molecular weight is 748 g/mol. The summed E-state index contributed by atoms with van der Waals surface area (Å²) in [7, 11) is 0.887. The van der Waals surface area contributed by atoms with E-state index in [4.69, 9.17) is 26.1 Å². The number of carbonyl (C=O) groups is 1. The minimum absolute atomic E-state index is 0.0934. The lowest BCUT2D eigenvalue weighted by atomic mass is 9.91. The number of amides is 1. The number of aliphatic hydroxyl groups excluding tert-OH is 1. The molecule has 4 aromatic rings. The van der Waals surface area contributed by atoms with E-state index in [-0.39, 0.29) is 18.0 Å². The van der Waals surface area contributed by atoms with Crippen molar-refractivity contribution in [3.05, 3.63) is 82.3 Å². The number of benzene rings is 3. The minimum atomic E-state index is -0.763. The van der Waals surface area contributed by atoms with Gasteiger partial charge in [-0.1, -0.05) is 34.7 Å². The molecular weight excluding hydrogens is 701 g/mol. The quantitative estimate of drug-likeness (QED) is 0.138. The molecule has 1 aliphatic heterocycles. The second-order valence-corrected chi connectivity index (χ2v) is 16.4. The summed E-state index contributed by atoms with van der Waals surface area (Å²) in [6.07, 6.45) is 4.33. The zero-order valence-electron chi connectivity index (χ0n) is 30.4. The maximum atomic E-state index is 16.1. The van der Waals surface area contributed by atoms with Gasteiger partial charge < -0.3 is 29.5 Å². The molecule has 1 fully saturated rings. The van der Waals surface area contributed by atoms with Crippen LogP contribution in [0.4, 0.5) is 20.8 Å². The van der Waals surface area contributed by atoms with E-state index >= 15 is 4.39 Å². The van der Waals surface area contributed by atoms with Crippen molar-refractivity contribution in [2.45, 2.75) is 82.4 Å². The Bertz CT molecular complexity index is 2040. The van der Waals surface area contributed by atoms with E-state index in [2.05, 4.69) is 27.5 Å². The second-order valence-electron chi connectivity index (χ2n) is 14.5. The van der Waals surface area contributed by atoms with E-state index in [1.54, 1.807) is 24.3 Å². The third-order valence-electron chi connectivity index (χ3n) is 9.42. The summed E-state index contributed by atoms with van der Waals surface area (Å²) >= 11 is 6.47. The van der Waals surface area contributed by atoms with Crippen molar-refractivity contribution in [3.63, 3.8) is 0 Å². The number of hydrogen-bond acceptors (Lipinski definition) is 8. The molecule has 0 radical (unpaired) electrons. The molecule has 3 N–H and O–H groups in total. The standard InChI is InChI=1S/C40H47ClFN5O4S/c1-23(2)35-32(46-52(7)34-21-27(41)20-30-29(34)8-11-33(30)48)10-9-31(42)36(35)25-18-24(14-17-50-6)37-26(19-25)22-43-38(45-37)44-28-12-15-47(16-13-28)39(49)51-40(3,4)5/h9-10,18-22,28,33,46,48H,1,7-8,11-17H2,2-6H3,(H,43,44,45)/t33-,52?/m1/s1. The van der Waals surface area contributed by atoms with E-state index in [1.165, 1.54) is 6.07 Å². The van der Waals surface area contributed by atoms with Crippen molar-refractivity contribution in [1.82, 2.24) is 14.9 Å². The van der Waals surface area contributed by atoms with Crippen LogP contribution in [-0.4, -0.2) is 70.4 Å². The summed E-state index contributed by atoms with van der Waals surface area (Å²) in [6, 6.07) is 10.9. The number of halogens is 2. The van der Waals surface area contributed by atoms with Gasteiger partial charge >= 0.3 is 6.09 Å². The molecule has 0 spiro atoms. The number of nitrogens with one attached hydrogen (secondary N) is 2. The first kappa shape index (κ1) is 37.7. The van der Waals surface area contributed by atoms with E-state index in [1.807, 2.05) is 52.0 Å². The minimum Gasteiger partial charge on any atom is -0.444 e. The molecule has 1 aromatic heterocycles. The Balaban J connectivity index is 1.30. The van der Waals surface area contributed by atoms with Crippen LogP contribution in [0, 0.1) is 5.82 Å². The van der Waals surface area contributed by atoms with Gasteiger partial charge in [0.2, 0.25) is 5.95 Å². The van der Waals surface area contributed by atoms with Gasteiger partial charge in [-0.25, -0.2) is 19.2 Å². The number of fused-ring (bicyclic) bond motifs is 2. The lowest BCUT2D eigenvalue weighted by molar-refractivity contribution is 0.0210. The molecule has 2 heterocycles. The van der Waals surface area contributed by atoms with Gasteiger partial charge in [-0.15, -0.1) is 0 Å². The van der Waals surface area contributed by atoms with E-state index in [0.717, 1.165) is 51.8 Å². The molecule has 52 heavy (non-hydrogen) atoms. The Morgan fingerprint density at radius 3 is 2.62 bits per heavy atom. The van der Waals surface area contributed by atoms with Gasteiger partial charge in [0.1, 0.15) is 11.4 Å². The molecule has 0 bridgehead atoms. The molecular formula is C40H47ClFN5O4S. The fourth-order valence-electron chi connectivity index (χ4n) is 6.98. The lowest BCUT2D eigenvalue weighted by Gasteiger charge is -2.33. The highest BCUT2D eigenvalue weighted by molar-refractivity contribution is 8.15. The average Bonchev–Trinajstić information content (AvgIpc) is 3.46. The van der Waals surface area contributed by atoms with Gasteiger partial charge in [-0.2, -0.15) is 0 Å². The number of allylic oxidation sites excluding steroid dienone is 1. The van der Waals surface area contributed by atoms with Crippen LogP contribution in [0.1, 0.15) is 75.3 Å². The highest BCUT2D eigenvalue weighted by Crippen LogP contribution is 2.44. The van der Waals surface area contributed by atoms with Crippen LogP contribution in [0.3, 0.4) is 0 Å². The van der Waals surface area contributed by atoms with Crippen LogP contribution in [0.15, 0.2) is 54.1 Å². The van der Waals surface area contributed by atoms with Crippen LogP contribution in [-0.2, 0) is 22.3 Å². The molecule has 9 nitrogen and oxygen atoms in total. The highest BCUT2D eigenvalue weighted by Gasteiger charge is 2.28. The summed E-state index contributed by atoms with van der Waals surface area (Å²) in [5, 5.41) is 15.3. The normalized spacial score (nSPS) is 16.8. The van der Waals surface area contributed by atoms with E-state index in [9.17, 15) is 9.90 Å². The number of likely N-dealkylation sites (tertiary alicyclic amines) is 1. The topological polar surface area (TPSA) is 109 Å². The number of methoxy groups -OCH3 is 1. The predicted molar refractivity (Wildman–Crippen MR) is 211 cm³/mol. The first-order valence-electron chi connectivity index (χ1n) is 17.5. The number of piperidine rings is 1. The lowest BCUT2D eigenvalue weighted by Crippen LogP contribution is -2.44. The van der Waals surface area contributed by atoms with Crippen LogP contribution in [0.5, 0.6) is 0 Å². The number of anilines is 2. The summed E-state index contributed by atoms with van der Waals surface area (Å²) in [4.78, 5) is 24.8. The molecule has 2 aliphatic rings. The van der Waals surface area contributed by atoms with Crippen molar-refractivity contribution in [2.24, 2.45) is 0 Å². The fourth-order valence-corrected chi connectivity index (χ4v) is 8.60. The Kier molecular flexibility index (Phi) is 11.3. The van der Waals surface area contributed by atoms with E-state index < -0.39 is 22.4 Å². The molecule has 1 amide bonds. The Morgan fingerprint density at radius 1 is 1.17 bits per heavy atom. The van der Waals surface area contributed by atoms with Crippen molar-refractivity contribution < 1.29 is 23.8 Å². The number of aliphatic hydroxyl groups is 1. The van der Waals surface area contributed by atoms with Crippen molar-refractivity contribution in [2.75, 3.05) is 36.8 Å². The van der Waals surface area contributed by atoms with Crippen LogP contribution < -0.4 is 10.0 Å². The van der Waals surface area contributed by atoms with Gasteiger partial charge in [0.05, 0.1) is 23.9 Å². The van der Waals surface area contributed by atoms with Gasteiger partial charge in [-0.3, -0.25) is 0 Å². The van der Waals surface area contributed by atoms with Gasteiger partial charge in [0, 0.05) is 58.9 Å². The number of nitrogens with zero attached hydrogens (tertiary/aromatic N) is 3. The van der Waals surface area contributed by atoms with Crippen molar-refractivity contribution >= 4 is 62.3 Å². The molecule has 1 saturated heterocycles. The Morgan fingerprint density at radius 2 is 1.92 bits per heavy atom. The first-order chi connectivity index (χ1) is 24.7. The number of rotatable bonds is 10. The number of aromatic nitrogens is 2. The van der Waals surface area contributed by atoms with Crippen LogP contribution in [0.25, 0.3) is 27.6 Å². The molecule has 6 rings (SSSR count). The third-order valence-corrected chi connectivity index (χ3v) is 11.0. The monoisotopic (exact) mass is 747 g/mol. The SMILES string of the molecule is C=C(C)c1c(NS(=C)c2cc(Cl)cc3c2CC[C@H]3O)ccc(F)c1-c1cc(CCOC)c2nc(NC3CCN(C(=O)OC(C)(C)C)CC3)ncc2c1. The molecule has 3 aromatic carbocycles. The molecule has 276 valence electrons. The smallest absolute Gasteiger partial charge is 0.410 e. The van der Waals surface area contributed by atoms with Crippen LogP contribution >= 0.6 is 22.3 Å². The summed E-state index contributed by atoms with van der Waals surface area (Å²) in [5.74, 6) is 4.55. The van der Waals surface area contributed by atoms with Gasteiger partial charge in [0.25, 0.3) is 0 Å². The van der Waals surface area contributed by atoms with Crippen molar-refractivity contribution in [1.29, 1.82) is 0 Å². The van der Waals surface area contributed by atoms with Gasteiger partial charge in [-0.05, 0) is 124 Å². The van der Waals surface area contributed by atoms with E-state index in [0.29, 0.717) is 71.5 Å². The Hall–Kier alpha value is -4.03. The number of carbonyl (C=O) groups excluding carboxylic acids is 1. The van der Waals surface area contributed by atoms with Gasteiger partial charge in [0.15, 0.2) is 0 Å². The molecule has 1 unspecified atom stereocenters. The summed E-state index contributed by atoms with van der Waals surface area (Å²) in [6.45, 7) is 13.3. The number of hydrogen-bond donors (Lipinski definition) is 3. The summed E-state index contributed by atoms with van der Waals surface area (Å²) in [5.41, 5.74) is 6.13. The van der Waals surface area contributed by atoms with Crippen LogP contribution in [0.2, 0.25) is 5.02 Å². The first-order valence-corrected chi connectivity index (χ1v) is 19.3. The maximum absolute atomic E-state index is 16.1. The summed E-state index contributed by atoms with van der Waals surface area (Å²) < 4.78 is 30.6. The third kappa shape index (κ3) is 8.28. The largest absolute Gasteiger partial charge is 0.444 e. The zero-order valence-corrected chi connectivity index (χ0v) is 32.0. The second kappa shape index (κ2) is 15.5. The zero-order chi connectivity index (χ0) is 37.3. The maximum Gasteiger partial charge on any atom is 0.410 e. The molecule has 1 aliphatic carbocycles. The Labute approximate surface area is 312 Å². The predicted octanol–water partition coefficient (Wildman–Crippen LogP) is 9.19.